The van der Waals surface area contributed by atoms with Gasteiger partial charge in [0.05, 0.1) is 20.3 Å². The summed E-state index contributed by atoms with van der Waals surface area (Å²) in [5.74, 6) is -1.54. The minimum Gasteiger partial charge on any atom is -0.469 e. The van der Waals surface area contributed by atoms with Gasteiger partial charge in [0.2, 0.25) is 11.8 Å². The van der Waals surface area contributed by atoms with E-state index in [2.05, 4.69) is 20.1 Å². The fraction of sp³-hybridized carbons (Fsp3) is 0.789. The zero-order valence-corrected chi connectivity index (χ0v) is 17.5. The third kappa shape index (κ3) is 13.6. The van der Waals surface area contributed by atoms with Crippen molar-refractivity contribution < 1.29 is 28.7 Å². The number of methoxy groups -OCH3 is 2. The third-order valence-electron chi connectivity index (χ3n) is 4.37. The molecule has 0 aliphatic carbocycles. The Kier molecular flexibility index (Phi) is 15.5. The highest BCUT2D eigenvalue weighted by atomic mass is 16.5. The smallest absolute Gasteiger partial charge is 0.328 e. The quantitative estimate of drug-likeness (QED) is 0.197. The van der Waals surface area contributed by atoms with Gasteiger partial charge in [0.1, 0.15) is 6.04 Å². The van der Waals surface area contributed by atoms with Gasteiger partial charge >= 0.3 is 11.9 Å². The molecule has 0 spiro atoms. The SMILES string of the molecule is COC(=O)CCC(NC(=O)CCCCCNC(=O)C(N)CCCCN)C(=O)OC. The van der Waals surface area contributed by atoms with Crippen molar-refractivity contribution in [3.8, 4) is 0 Å². The van der Waals surface area contributed by atoms with E-state index in [1.54, 1.807) is 0 Å². The molecule has 0 saturated carbocycles. The Hall–Kier alpha value is -2.20. The Morgan fingerprint density at radius 3 is 2.24 bits per heavy atom. The highest BCUT2D eigenvalue weighted by Gasteiger charge is 2.22. The van der Waals surface area contributed by atoms with E-state index in [0.29, 0.717) is 25.9 Å². The van der Waals surface area contributed by atoms with Crippen LogP contribution in [0.3, 0.4) is 0 Å². The normalized spacial score (nSPS) is 12.6. The fourth-order valence-corrected chi connectivity index (χ4v) is 2.59. The number of unbranched alkanes of at least 4 members (excludes halogenated alkanes) is 3. The Balaban J connectivity index is 3.99. The number of hydrogen-bond donors (Lipinski definition) is 4. The number of ether oxygens (including phenoxy) is 2. The van der Waals surface area contributed by atoms with Crippen LogP contribution in [-0.4, -0.2) is 63.1 Å². The van der Waals surface area contributed by atoms with Gasteiger partial charge in [0.25, 0.3) is 0 Å². The second kappa shape index (κ2) is 16.7. The summed E-state index contributed by atoms with van der Waals surface area (Å²) in [7, 11) is 2.48. The number of amides is 2. The first-order valence-corrected chi connectivity index (χ1v) is 10.0. The fourth-order valence-electron chi connectivity index (χ4n) is 2.59. The second-order valence-electron chi connectivity index (χ2n) is 6.75. The van der Waals surface area contributed by atoms with E-state index in [1.807, 2.05) is 0 Å². The molecule has 0 aliphatic heterocycles. The van der Waals surface area contributed by atoms with Crippen LogP contribution in [0.4, 0.5) is 0 Å². The summed E-state index contributed by atoms with van der Waals surface area (Å²) in [6.07, 6.45) is 4.70. The molecule has 0 radical (unpaired) electrons. The summed E-state index contributed by atoms with van der Waals surface area (Å²) < 4.78 is 9.18. The van der Waals surface area contributed by atoms with Crippen molar-refractivity contribution in [3.63, 3.8) is 0 Å². The van der Waals surface area contributed by atoms with Gasteiger partial charge in [0, 0.05) is 19.4 Å². The van der Waals surface area contributed by atoms with Gasteiger partial charge in [-0.05, 0) is 38.6 Å². The zero-order valence-electron chi connectivity index (χ0n) is 17.5. The maximum atomic E-state index is 12.0. The van der Waals surface area contributed by atoms with Crippen LogP contribution in [0.1, 0.15) is 57.8 Å². The molecule has 0 heterocycles. The molecule has 0 aliphatic rings. The lowest BCUT2D eigenvalue weighted by atomic mass is 10.1. The van der Waals surface area contributed by atoms with Crippen molar-refractivity contribution in [2.75, 3.05) is 27.3 Å². The summed E-state index contributed by atoms with van der Waals surface area (Å²) in [5.41, 5.74) is 11.2. The van der Waals surface area contributed by atoms with E-state index >= 15 is 0 Å². The first-order chi connectivity index (χ1) is 13.8. The lowest BCUT2D eigenvalue weighted by Crippen LogP contribution is -2.41. The van der Waals surface area contributed by atoms with E-state index in [-0.39, 0.29) is 31.1 Å². The third-order valence-corrected chi connectivity index (χ3v) is 4.37. The molecule has 0 aromatic carbocycles. The van der Waals surface area contributed by atoms with Gasteiger partial charge in [0.15, 0.2) is 0 Å². The van der Waals surface area contributed by atoms with Crippen LogP contribution in [0.2, 0.25) is 0 Å². The Morgan fingerprint density at radius 2 is 1.62 bits per heavy atom. The predicted octanol–water partition coefficient (Wildman–Crippen LogP) is -0.270. The number of carbonyl (C=O) groups excluding carboxylic acids is 4. The van der Waals surface area contributed by atoms with Crippen LogP contribution in [0.5, 0.6) is 0 Å². The highest BCUT2D eigenvalue weighted by Crippen LogP contribution is 2.05. The van der Waals surface area contributed by atoms with Crippen LogP contribution in [0.25, 0.3) is 0 Å². The molecule has 0 saturated heterocycles. The van der Waals surface area contributed by atoms with Gasteiger partial charge in [-0.1, -0.05) is 12.8 Å². The molecule has 10 heteroatoms. The topological polar surface area (TPSA) is 163 Å². The highest BCUT2D eigenvalue weighted by molar-refractivity contribution is 5.85. The number of hydrogen-bond acceptors (Lipinski definition) is 8. The zero-order chi connectivity index (χ0) is 22.1. The van der Waals surface area contributed by atoms with Crippen molar-refractivity contribution in [1.29, 1.82) is 0 Å². The average molecular weight is 417 g/mol. The second-order valence-corrected chi connectivity index (χ2v) is 6.75. The summed E-state index contributed by atoms with van der Waals surface area (Å²) in [5, 5.41) is 5.36. The minimum absolute atomic E-state index is 0.00457. The van der Waals surface area contributed by atoms with Gasteiger partial charge in [-0.3, -0.25) is 14.4 Å². The number of nitrogens with two attached hydrogens (primary N) is 2. The van der Waals surface area contributed by atoms with Crippen LogP contribution in [-0.2, 0) is 28.7 Å². The molecule has 0 bridgehead atoms. The lowest BCUT2D eigenvalue weighted by molar-refractivity contribution is -0.146. The molecule has 0 aromatic rings. The standard InChI is InChI=1S/C19H36N4O6/c1-28-17(25)11-10-15(19(27)29-2)23-16(24)9-4-3-7-13-22-18(26)14(21)8-5-6-12-20/h14-15H,3-13,20-21H2,1-2H3,(H,22,26)(H,23,24). The van der Waals surface area contributed by atoms with Crippen molar-refractivity contribution in [1.82, 2.24) is 10.6 Å². The Morgan fingerprint density at radius 1 is 0.897 bits per heavy atom. The van der Waals surface area contributed by atoms with E-state index in [4.69, 9.17) is 11.5 Å². The van der Waals surface area contributed by atoms with E-state index in [1.165, 1.54) is 14.2 Å². The molecule has 168 valence electrons. The summed E-state index contributed by atoms with van der Waals surface area (Å²) in [6, 6.07) is -1.40. The van der Waals surface area contributed by atoms with E-state index in [0.717, 1.165) is 25.7 Å². The summed E-state index contributed by atoms with van der Waals surface area (Å²) in [4.78, 5) is 46.8. The summed E-state index contributed by atoms with van der Waals surface area (Å²) >= 11 is 0. The van der Waals surface area contributed by atoms with Gasteiger partial charge in [-0.15, -0.1) is 0 Å². The van der Waals surface area contributed by atoms with Gasteiger partial charge in [-0.2, -0.15) is 0 Å². The molecule has 6 N–H and O–H groups in total. The largest absolute Gasteiger partial charge is 0.469 e. The van der Waals surface area contributed by atoms with E-state index < -0.39 is 24.0 Å². The molecule has 0 rings (SSSR count). The monoisotopic (exact) mass is 416 g/mol. The Labute approximate surface area is 172 Å². The van der Waals surface area contributed by atoms with Crippen LogP contribution >= 0.6 is 0 Å². The molecular weight excluding hydrogens is 380 g/mol. The summed E-state index contributed by atoms with van der Waals surface area (Å²) in [6.45, 7) is 1.09. The maximum absolute atomic E-state index is 12.0. The molecule has 0 fully saturated rings. The van der Waals surface area contributed by atoms with Crippen LogP contribution < -0.4 is 22.1 Å². The van der Waals surface area contributed by atoms with Crippen molar-refractivity contribution in [2.24, 2.45) is 11.5 Å². The average Bonchev–Trinajstić information content (AvgIpc) is 2.72. The molecule has 10 nitrogen and oxygen atoms in total. The molecular formula is C19H36N4O6. The first kappa shape index (κ1) is 26.8. The number of carbonyl (C=O) groups is 4. The first-order valence-electron chi connectivity index (χ1n) is 10.0. The number of rotatable bonds is 16. The molecule has 2 amide bonds. The number of nitrogens with one attached hydrogen (secondary N) is 2. The molecule has 2 unspecified atom stereocenters. The van der Waals surface area contributed by atoms with Crippen molar-refractivity contribution >= 4 is 23.8 Å². The van der Waals surface area contributed by atoms with Gasteiger partial charge in [-0.25, -0.2) is 4.79 Å². The predicted molar refractivity (Wildman–Crippen MR) is 108 cm³/mol. The molecule has 2 atom stereocenters. The Bertz CT molecular complexity index is 515. The maximum Gasteiger partial charge on any atom is 0.328 e. The van der Waals surface area contributed by atoms with Crippen LogP contribution in [0, 0.1) is 0 Å². The van der Waals surface area contributed by atoms with Gasteiger partial charge < -0.3 is 31.6 Å². The minimum atomic E-state index is -0.883. The lowest BCUT2D eigenvalue weighted by Gasteiger charge is -2.16. The number of esters is 2. The molecule has 0 aromatic heterocycles. The van der Waals surface area contributed by atoms with Crippen molar-refractivity contribution in [3.05, 3.63) is 0 Å². The van der Waals surface area contributed by atoms with Crippen LogP contribution in [0.15, 0.2) is 0 Å². The molecule has 29 heavy (non-hydrogen) atoms. The van der Waals surface area contributed by atoms with E-state index in [9.17, 15) is 19.2 Å². The van der Waals surface area contributed by atoms with Crippen molar-refractivity contribution in [2.45, 2.75) is 69.9 Å².